The molecule has 0 aliphatic heterocycles. The van der Waals surface area contributed by atoms with Crippen LogP contribution in [0.1, 0.15) is 54.9 Å². The van der Waals surface area contributed by atoms with Gasteiger partial charge in [-0.2, -0.15) is 0 Å². The Labute approximate surface area is 134 Å². The van der Waals surface area contributed by atoms with E-state index in [2.05, 4.69) is 10.6 Å². The van der Waals surface area contributed by atoms with E-state index in [1.807, 2.05) is 27.7 Å². The Morgan fingerprint density at radius 1 is 1.09 bits per heavy atom. The van der Waals surface area contributed by atoms with Crippen molar-refractivity contribution >= 4 is 12.0 Å². The molecule has 2 atom stereocenters. The third kappa shape index (κ3) is 8.87. The fourth-order valence-corrected chi connectivity index (χ4v) is 1.86. The lowest BCUT2D eigenvalue weighted by Gasteiger charge is -2.26. The minimum absolute atomic E-state index is 0.107. The molecule has 0 unspecified atom stereocenters. The fourth-order valence-electron chi connectivity index (χ4n) is 1.86. The molecule has 130 valence electrons. The van der Waals surface area contributed by atoms with E-state index in [1.54, 1.807) is 20.8 Å². The van der Waals surface area contributed by atoms with E-state index in [-0.39, 0.29) is 30.4 Å². The summed E-state index contributed by atoms with van der Waals surface area (Å²) in [6.07, 6.45) is -0.111. The summed E-state index contributed by atoms with van der Waals surface area (Å²) in [5, 5.41) is 14.7. The summed E-state index contributed by atoms with van der Waals surface area (Å²) in [5.41, 5.74) is -0.617. The zero-order valence-electron chi connectivity index (χ0n) is 14.9. The lowest BCUT2D eigenvalue weighted by Crippen LogP contribution is -2.52. The summed E-state index contributed by atoms with van der Waals surface area (Å²) in [6, 6.07) is -1.01. The highest BCUT2D eigenvalue weighted by atomic mass is 16.6. The number of alkyl carbamates (subject to hydrolysis) is 1. The van der Waals surface area contributed by atoms with E-state index in [9.17, 15) is 14.7 Å². The summed E-state index contributed by atoms with van der Waals surface area (Å²) in [6.45, 7) is 13.0. The highest BCUT2D eigenvalue weighted by molar-refractivity contribution is 5.85. The molecule has 0 radical (unpaired) electrons. The molecule has 0 aromatic carbocycles. The Balaban J connectivity index is 4.82. The average molecular weight is 316 g/mol. The quantitative estimate of drug-likeness (QED) is 0.671. The van der Waals surface area contributed by atoms with Crippen LogP contribution in [0.3, 0.4) is 0 Å². The third-order valence-corrected chi connectivity index (χ3v) is 3.04. The molecule has 0 aromatic rings. The largest absolute Gasteiger partial charge is 0.444 e. The van der Waals surface area contributed by atoms with Gasteiger partial charge in [-0.15, -0.1) is 0 Å². The highest BCUT2D eigenvalue weighted by Gasteiger charge is 2.27. The van der Waals surface area contributed by atoms with E-state index in [1.165, 1.54) is 0 Å². The van der Waals surface area contributed by atoms with E-state index >= 15 is 0 Å². The number of hydrogen-bond acceptors (Lipinski definition) is 4. The maximum Gasteiger partial charge on any atom is 0.408 e. The van der Waals surface area contributed by atoms with Gasteiger partial charge in [0.2, 0.25) is 5.91 Å². The van der Waals surface area contributed by atoms with Gasteiger partial charge in [0.25, 0.3) is 0 Å². The molecule has 0 spiro atoms. The topological polar surface area (TPSA) is 87.7 Å². The molecule has 2 amide bonds. The van der Waals surface area contributed by atoms with E-state index in [4.69, 9.17) is 4.74 Å². The average Bonchev–Trinajstić information content (AvgIpc) is 2.31. The number of carbonyl (C=O) groups is 2. The predicted octanol–water partition coefficient (Wildman–Crippen LogP) is 2.06. The van der Waals surface area contributed by atoms with Gasteiger partial charge in [0.05, 0.1) is 12.6 Å². The zero-order valence-corrected chi connectivity index (χ0v) is 14.9. The van der Waals surface area contributed by atoms with Crippen molar-refractivity contribution in [3.05, 3.63) is 0 Å². The van der Waals surface area contributed by atoms with Gasteiger partial charge >= 0.3 is 6.09 Å². The van der Waals surface area contributed by atoms with Gasteiger partial charge in [-0.3, -0.25) is 4.79 Å². The second-order valence-corrected chi connectivity index (χ2v) is 7.37. The van der Waals surface area contributed by atoms with E-state index in [0.29, 0.717) is 6.42 Å². The van der Waals surface area contributed by atoms with Crippen molar-refractivity contribution in [1.29, 1.82) is 0 Å². The van der Waals surface area contributed by atoms with Crippen molar-refractivity contribution in [3.8, 4) is 0 Å². The van der Waals surface area contributed by atoms with Crippen LogP contribution in [0.25, 0.3) is 0 Å². The Morgan fingerprint density at radius 3 is 2.00 bits per heavy atom. The number of nitrogens with one attached hydrogen (secondary N) is 2. The second kappa shape index (κ2) is 8.98. The molecule has 6 heteroatoms. The van der Waals surface area contributed by atoms with Crippen LogP contribution in [-0.4, -0.2) is 41.4 Å². The summed E-state index contributed by atoms with van der Waals surface area (Å²) < 4.78 is 5.20. The third-order valence-electron chi connectivity index (χ3n) is 3.04. The second-order valence-electron chi connectivity index (χ2n) is 7.37. The smallest absolute Gasteiger partial charge is 0.408 e. The number of hydrogen-bond donors (Lipinski definition) is 3. The maximum atomic E-state index is 12.4. The molecular weight excluding hydrogens is 284 g/mol. The Kier molecular flexibility index (Phi) is 8.45. The number of ether oxygens (including phenoxy) is 1. The van der Waals surface area contributed by atoms with Crippen molar-refractivity contribution in [2.24, 2.45) is 11.8 Å². The van der Waals surface area contributed by atoms with E-state index in [0.717, 1.165) is 0 Å². The minimum atomic E-state index is -0.678. The van der Waals surface area contributed by atoms with Crippen LogP contribution in [0.15, 0.2) is 0 Å². The standard InChI is InChI=1S/C16H32N2O4/c1-10(2)8-12(18-15(21)22-16(5,6)7)14(20)17-13(9-19)11(3)4/h10-13,19H,8-9H2,1-7H3,(H,17,20)(H,18,21)/t12-,13+/m1/s1. The Hall–Kier alpha value is -1.30. The molecule has 6 nitrogen and oxygen atoms in total. The lowest BCUT2D eigenvalue weighted by molar-refractivity contribution is -0.125. The Bertz CT molecular complexity index is 362. The van der Waals surface area contributed by atoms with Crippen molar-refractivity contribution < 1.29 is 19.4 Å². The molecule has 0 aliphatic rings. The molecule has 3 N–H and O–H groups in total. The van der Waals surface area contributed by atoms with Crippen molar-refractivity contribution in [2.75, 3.05) is 6.61 Å². The van der Waals surface area contributed by atoms with Crippen LogP contribution in [0.2, 0.25) is 0 Å². The summed E-state index contributed by atoms with van der Waals surface area (Å²) in [7, 11) is 0. The first kappa shape index (κ1) is 20.7. The number of amides is 2. The lowest BCUT2D eigenvalue weighted by atomic mass is 10.0. The minimum Gasteiger partial charge on any atom is -0.444 e. The molecular formula is C16H32N2O4. The van der Waals surface area contributed by atoms with Crippen molar-refractivity contribution in [1.82, 2.24) is 10.6 Å². The van der Waals surface area contributed by atoms with Crippen LogP contribution in [0.5, 0.6) is 0 Å². The number of rotatable bonds is 7. The first-order chi connectivity index (χ1) is 9.96. The molecule has 0 saturated carbocycles. The van der Waals surface area contributed by atoms with Crippen LogP contribution >= 0.6 is 0 Å². The predicted molar refractivity (Wildman–Crippen MR) is 86.5 cm³/mol. The SMILES string of the molecule is CC(C)C[C@@H](NC(=O)OC(C)(C)C)C(=O)N[C@@H](CO)C(C)C. The fraction of sp³-hybridized carbons (Fsp3) is 0.875. The molecule has 0 aromatic heterocycles. The summed E-state index contributed by atoms with van der Waals surface area (Å²) >= 11 is 0. The molecule has 0 heterocycles. The van der Waals surface area contributed by atoms with Gasteiger partial charge in [0, 0.05) is 0 Å². The normalized spacial score (nSPS) is 14.6. The number of aliphatic hydroxyl groups is 1. The molecule has 0 rings (SSSR count). The molecule has 0 saturated heterocycles. The number of carbonyl (C=O) groups excluding carboxylic acids is 2. The van der Waals surface area contributed by atoms with Crippen LogP contribution < -0.4 is 10.6 Å². The van der Waals surface area contributed by atoms with Crippen molar-refractivity contribution in [2.45, 2.75) is 72.6 Å². The van der Waals surface area contributed by atoms with Gasteiger partial charge < -0.3 is 20.5 Å². The number of aliphatic hydroxyl groups excluding tert-OH is 1. The Morgan fingerprint density at radius 2 is 1.64 bits per heavy atom. The first-order valence-corrected chi connectivity index (χ1v) is 7.87. The summed E-state index contributed by atoms with van der Waals surface area (Å²) in [5.74, 6) is 0.0415. The van der Waals surface area contributed by atoms with Gasteiger partial charge in [-0.05, 0) is 39.0 Å². The molecule has 22 heavy (non-hydrogen) atoms. The van der Waals surface area contributed by atoms with Crippen LogP contribution in [0.4, 0.5) is 4.79 Å². The molecule has 0 fully saturated rings. The zero-order chi connectivity index (χ0) is 17.5. The monoisotopic (exact) mass is 316 g/mol. The van der Waals surface area contributed by atoms with Gasteiger partial charge in [-0.1, -0.05) is 27.7 Å². The van der Waals surface area contributed by atoms with Crippen LogP contribution in [-0.2, 0) is 9.53 Å². The van der Waals surface area contributed by atoms with Crippen molar-refractivity contribution in [3.63, 3.8) is 0 Å². The van der Waals surface area contributed by atoms with Gasteiger partial charge in [0.1, 0.15) is 11.6 Å². The maximum absolute atomic E-state index is 12.4. The molecule has 0 bridgehead atoms. The summed E-state index contributed by atoms with van der Waals surface area (Å²) in [4.78, 5) is 24.2. The molecule has 0 aliphatic carbocycles. The van der Waals surface area contributed by atoms with E-state index < -0.39 is 17.7 Å². The first-order valence-electron chi connectivity index (χ1n) is 7.87. The highest BCUT2D eigenvalue weighted by Crippen LogP contribution is 2.10. The van der Waals surface area contributed by atoms with Gasteiger partial charge in [-0.25, -0.2) is 4.79 Å². The van der Waals surface area contributed by atoms with Gasteiger partial charge in [0.15, 0.2) is 0 Å². The van der Waals surface area contributed by atoms with Crippen LogP contribution in [0, 0.1) is 11.8 Å².